The second kappa shape index (κ2) is 4.43. The molecule has 1 aliphatic carbocycles. The number of para-hydroxylation sites is 1. The lowest BCUT2D eigenvalue weighted by atomic mass is 10.2. The molecule has 0 atom stereocenters. The number of methoxy groups -OCH3 is 1. The van der Waals surface area contributed by atoms with Gasteiger partial charge in [0.05, 0.1) is 13.7 Å². The van der Waals surface area contributed by atoms with Crippen LogP contribution in [0.15, 0.2) is 18.2 Å². The first kappa shape index (κ1) is 10.1. The molecular weight excluding hydrogens is 190 g/mol. The molecule has 1 saturated carbocycles. The third-order valence-corrected chi connectivity index (χ3v) is 2.73. The van der Waals surface area contributed by atoms with E-state index in [1.807, 2.05) is 18.2 Å². The van der Waals surface area contributed by atoms with E-state index >= 15 is 0 Å². The molecule has 3 heteroatoms. The summed E-state index contributed by atoms with van der Waals surface area (Å²) in [5.74, 6) is 2.30. The maximum absolute atomic E-state index is 5.88. The highest BCUT2D eigenvalue weighted by molar-refractivity contribution is 5.62. The van der Waals surface area contributed by atoms with E-state index in [1.54, 1.807) is 7.11 Å². The fourth-order valence-corrected chi connectivity index (χ4v) is 1.57. The van der Waals surface area contributed by atoms with Crippen molar-refractivity contribution < 1.29 is 9.47 Å². The van der Waals surface area contributed by atoms with Crippen molar-refractivity contribution in [2.45, 2.75) is 19.3 Å². The van der Waals surface area contributed by atoms with Gasteiger partial charge in [-0.2, -0.15) is 0 Å². The van der Waals surface area contributed by atoms with E-state index in [-0.39, 0.29) is 0 Å². The molecule has 15 heavy (non-hydrogen) atoms. The highest BCUT2D eigenvalue weighted by Gasteiger charge is 2.20. The Hall–Kier alpha value is -1.38. The molecule has 0 radical (unpaired) electrons. The fraction of sp³-hybridized carbons (Fsp3) is 0.500. The van der Waals surface area contributed by atoms with E-state index in [1.165, 1.54) is 12.8 Å². The lowest BCUT2D eigenvalue weighted by Gasteiger charge is -2.11. The van der Waals surface area contributed by atoms with Crippen LogP contribution in [0.25, 0.3) is 0 Å². The predicted octanol–water partition coefficient (Wildman–Crippen LogP) is 2.46. The second-order valence-electron chi connectivity index (χ2n) is 3.95. The minimum absolute atomic E-state index is 0.593. The van der Waals surface area contributed by atoms with Gasteiger partial charge in [0.15, 0.2) is 0 Å². The van der Waals surface area contributed by atoms with E-state index in [4.69, 9.17) is 15.2 Å². The van der Waals surface area contributed by atoms with E-state index < -0.39 is 0 Å². The van der Waals surface area contributed by atoms with Gasteiger partial charge in [0.25, 0.3) is 0 Å². The van der Waals surface area contributed by atoms with Crippen molar-refractivity contribution in [3.05, 3.63) is 18.2 Å². The standard InChI is InChI=1S/C12H17NO2/c1-14-10-3-2-4-11(12(10)13)15-8-7-9-5-6-9/h2-4,9H,5-8,13H2,1H3. The SMILES string of the molecule is COc1cccc(OCCC2CC2)c1N. The summed E-state index contributed by atoms with van der Waals surface area (Å²) in [5.41, 5.74) is 6.47. The van der Waals surface area contributed by atoms with Gasteiger partial charge in [-0.15, -0.1) is 0 Å². The van der Waals surface area contributed by atoms with Crippen molar-refractivity contribution in [3.8, 4) is 11.5 Å². The van der Waals surface area contributed by atoms with Crippen LogP contribution in [-0.2, 0) is 0 Å². The maximum Gasteiger partial charge on any atom is 0.146 e. The topological polar surface area (TPSA) is 44.5 Å². The zero-order valence-corrected chi connectivity index (χ0v) is 9.03. The summed E-state index contributed by atoms with van der Waals surface area (Å²) >= 11 is 0. The summed E-state index contributed by atoms with van der Waals surface area (Å²) in [6, 6.07) is 5.61. The van der Waals surface area contributed by atoms with E-state index in [9.17, 15) is 0 Å². The van der Waals surface area contributed by atoms with Gasteiger partial charge in [0, 0.05) is 0 Å². The Bertz CT molecular complexity index is 334. The Kier molecular flexibility index (Phi) is 2.99. The number of anilines is 1. The van der Waals surface area contributed by atoms with Crippen molar-refractivity contribution in [2.75, 3.05) is 19.5 Å². The minimum atomic E-state index is 0.593. The predicted molar refractivity (Wildman–Crippen MR) is 60.2 cm³/mol. The highest BCUT2D eigenvalue weighted by atomic mass is 16.5. The largest absolute Gasteiger partial charge is 0.494 e. The Morgan fingerprint density at radius 1 is 1.33 bits per heavy atom. The molecule has 1 aliphatic rings. The van der Waals surface area contributed by atoms with Crippen LogP contribution in [0.3, 0.4) is 0 Å². The number of hydrogen-bond donors (Lipinski definition) is 1. The smallest absolute Gasteiger partial charge is 0.146 e. The quantitative estimate of drug-likeness (QED) is 0.754. The third kappa shape index (κ3) is 2.55. The summed E-state index contributed by atoms with van der Waals surface area (Å²) in [6.07, 6.45) is 3.85. The van der Waals surface area contributed by atoms with Crippen molar-refractivity contribution in [1.82, 2.24) is 0 Å². The molecule has 0 aromatic heterocycles. The number of nitrogen functional groups attached to an aromatic ring is 1. The van der Waals surface area contributed by atoms with Crippen LogP contribution in [-0.4, -0.2) is 13.7 Å². The van der Waals surface area contributed by atoms with Crippen LogP contribution in [0.2, 0.25) is 0 Å². The molecule has 0 bridgehead atoms. The molecule has 2 N–H and O–H groups in total. The van der Waals surface area contributed by atoms with Gasteiger partial charge in [-0.1, -0.05) is 18.9 Å². The molecule has 3 nitrogen and oxygen atoms in total. The van der Waals surface area contributed by atoms with Gasteiger partial charge in [-0.05, 0) is 24.5 Å². The lowest BCUT2D eigenvalue weighted by Crippen LogP contribution is -2.02. The number of hydrogen-bond acceptors (Lipinski definition) is 3. The van der Waals surface area contributed by atoms with E-state index in [0.717, 1.165) is 24.7 Å². The first-order valence-corrected chi connectivity index (χ1v) is 5.36. The van der Waals surface area contributed by atoms with Gasteiger partial charge in [0.2, 0.25) is 0 Å². The van der Waals surface area contributed by atoms with Crippen LogP contribution in [0.4, 0.5) is 5.69 Å². The molecule has 1 aromatic rings. The molecule has 0 saturated heterocycles. The molecule has 0 spiro atoms. The molecular formula is C12H17NO2. The Balaban J connectivity index is 1.93. The van der Waals surface area contributed by atoms with Gasteiger partial charge in [0.1, 0.15) is 17.2 Å². The summed E-state index contributed by atoms with van der Waals surface area (Å²) in [7, 11) is 1.61. The maximum atomic E-state index is 5.88. The normalized spacial score (nSPS) is 15.0. The van der Waals surface area contributed by atoms with Crippen LogP contribution < -0.4 is 15.2 Å². The Morgan fingerprint density at radius 2 is 2.07 bits per heavy atom. The molecule has 2 rings (SSSR count). The number of nitrogens with two attached hydrogens (primary N) is 1. The Labute approximate surface area is 90.2 Å². The number of rotatable bonds is 5. The van der Waals surface area contributed by atoms with Crippen LogP contribution in [0.1, 0.15) is 19.3 Å². The zero-order valence-electron chi connectivity index (χ0n) is 9.03. The molecule has 0 unspecified atom stereocenters. The second-order valence-corrected chi connectivity index (χ2v) is 3.95. The van der Waals surface area contributed by atoms with Gasteiger partial charge in [-0.3, -0.25) is 0 Å². The fourth-order valence-electron chi connectivity index (χ4n) is 1.57. The summed E-state index contributed by atoms with van der Waals surface area (Å²) in [4.78, 5) is 0. The molecule has 0 amide bonds. The molecule has 0 aliphatic heterocycles. The van der Waals surface area contributed by atoms with Crippen LogP contribution >= 0.6 is 0 Å². The lowest BCUT2D eigenvalue weighted by molar-refractivity contribution is 0.302. The van der Waals surface area contributed by atoms with E-state index in [2.05, 4.69) is 0 Å². The van der Waals surface area contributed by atoms with Gasteiger partial charge < -0.3 is 15.2 Å². The van der Waals surface area contributed by atoms with Crippen LogP contribution in [0, 0.1) is 5.92 Å². The molecule has 0 heterocycles. The van der Waals surface area contributed by atoms with Crippen molar-refractivity contribution in [2.24, 2.45) is 5.92 Å². The van der Waals surface area contributed by atoms with Crippen LogP contribution in [0.5, 0.6) is 11.5 Å². The van der Waals surface area contributed by atoms with E-state index in [0.29, 0.717) is 11.4 Å². The summed E-state index contributed by atoms with van der Waals surface area (Å²) in [5, 5.41) is 0. The van der Waals surface area contributed by atoms with Crippen molar-refractivity contribution in [1.29, 1.82) is 0 Å². The van der Waals surface area contributed by atoms with Crippen molar-refractivity contribution in [3.63, 3.8) is 0 Å². The van der Waals surface area contributed by atoms with Gasteiger partial charge in [-0.25, -0.2) is 0 Å². The molecule has 1 fully saturated rings. The monoisotopic (exact) mass is 207 g/mol. The Morgan fingerprint density at radius 3 is 2.73 bits per heavy atom. The molecule has 82 valence electrons. The van der Waals surface area contributed by atoms with Gasteiger partial charge >= 0.3 is 0 Å². The first-order chi connectivity index (χ1) is 7.31. The third-order valence-electron chi connectivity index (χ3n) is 2.73. The summed E-state index contributed by atoms with van der Waals surface area (Å²) < 4.78 is 10.7. The van der Waals surface area contributed by atoms with Crippen molar-refractivity contribution >= 4 is 5.69 Å². The average molecular weight is 207 g/mol. The summed E-state index contributed by atoms with van der Waals surface area (Å²) in [6.45, 7) is 0.752. The molecule has 1 aromatic carbocycles. The number of benzene rings is 1. The first-order valence-electron chi connectivity index (χ1n) is 5.36. The minimum Gasteiger partial charge on any atom is -0.494 e. The average Bonchev–Trinajstić information content (AvgIpc) is 3.04. The zero-order chi connectivity index (χ0) is 10.7. The highest BCUT2D eigenvalue weighted by Crippen LogP contribution is 2.34. The number of ether oxygens (including phenoxy) is 2.